The van der Waals surface area contributed by atoms with E-state index in [4.69, 9.17) is 4.74 Å². The predicted molar refractivity (Wildman–Crippen MR) is 82.9 cm³/mol. The molecule has 0 spiro atoms. The monoisotopic (exact) mass is 304 g/mol. The van der Waals surface area contributed by atoms with Crippen molar-refractivity contribution in [2.75, 3.05) is 20.7 Å². The number of rotatable bonds is 7. The lowest BCUT2D eigenvalue weighted by atomic mass is 10.0. The second-order valence-electron chi connectivity index (χ2n) is 5.60. The molecule has 0 N–H and O–H groups in total. The molecule has 1 atom stereocenters. The number of hydrogen-bond donors (Lipinski definition) is 0. The summed E-state index contributed by atoms with van der Waals surface area (Å²) in [7, 11) is 3.26. The molecule has 1 unspecified atom stereocenters. The Kier molecular flexibility index (Phi) is 6.19. The minimum atomic E-state index is -0.743. The summed E-state index contributed by atoms with van der Waals surface area (Å²) in [6.45, 7) is 4.53. The first-order valence-corrected chi connectivity index (χ1v) is 6.99. The third-order valence-electron chi connectivity index (χ3n) is 3.48. The van der Waals surface area contributed by atoms with Crippen molar-refractivity contribution in [2.24, 2.45) is 0 Å². The highest BCUT2D eigenvalue weighted by Crippen LogP contribution is 2.16. The number of likely N-dealkylation sites (N-methyl/N-ethyl adjacent to an activating group) is 1. The molecule has 0 heterocycles. The first-order valence-electron chi connectivity index (χ1n) is 6.99. The van der Waals surface area contributed by atoms with E-state index in [1.807, 2.05) is 30.3 Å². The van der Waals surface area contributed by atoms with E-state index < -0.39 is 12.0 Å². The van der Waals surface area contributed by atoms with Gasteiger partial charge in [-0.25, -0.2) is 14.1 Å². The molecule has 0 saturated heterocycles. The van der Waals surface area contributed by atoms with Crippen molar-refractivity contribution in [1.82, 2.24) is 0 Å². The first kappa shape index (κ1) is 17.8. The number of amides is 1. The van der Waals surface area contributed by atoms with Crippen LogP contribution in [0.3, 0.4) is 0 Å². The van der Waals surface area contributed by atoms with Gasteiger partial charge in [-0.2, -0.15) is 0 Å². The van der Waals surface area contributed by atoms with Crippen molar-refractivity contribution in [1.29, 1.82) is 0 Å². The Hall–Kier alpha value is -2.27. The lowest BCUT2D eigenvalue weighted by molar-refractivity contribution is -0.829. The number of benzene rings is 1. The number of ether oxygens (including phenoxy) is 1. The van der Waals surface area contributed by atoms with Crippen LogP contribution in [0.2, 0.25) is 0 Å². The Balaban J connectivity index is 3.03. The van der Waals surface area contributed by atoms with Crippen LogP contribution in [0, 0.1) is 0 Å². The zero-order chi connectivity index (χ0) is 16.8. The zero-order valence-electron chi connectivity index (χ0n) is 13.2. The molecule has 0 aliphatic heterocycles. The SMILES string of the molecule is C=CC(=O)[N+](C)(C)C(Cc1ccccc1)C(=O)OCC(C)=O. The normalized spacial score (nSPS) is 12.3. The zero-order valence-corrected chi connectivity index (χ0v) is 13.2. The Bertz CT molecular complexity index is 563. The number of ketones is 1. The summed E-state index contributed by atoms with van der Waals surface area (Å²) in [6.07, 6.45) is 1.53. The smallest absolute Gasteiger partial charge is 0.366 e. The lowest BCUT2D eigenvalue weighted by Crippen LogP contribution is -2.57. The quantitative estimate of drug-likeness (QED) is 0.435. The number of hydrogen-bond acceptors (Lipinski definition) is 4. The molecule has 1 rings (SSSR count). The van der Waals surface area contributed by atoms with Gasteiger partial charge in [0.1, 0.15) is 6.61 Å². The van der Waals surface area contributed by atoms with Crippen LogP contribution in [0.5, 0.6) is 0 Å². The van der Waals surface area contributed by atoms with Gasteiger partial charge in [-0.05, 0) is 12.5 Å². The maximum atomic E-state index is 12.3. The minimum absolute atomic E-state index is 0.213. The molecule has 5 heteroatoms. The van der Waals surface area contributed by atoms with E-state index in [0.717, 1.165) is 5.56 Å². The van der Waals surface area contributed by atoms with Crippen LogP contribution in [0.25, 0.3) is 0 Å². The fourth-order valence-electron chi connectivity index (χ4n) is 2.07. The molecule has 0 aliphatic carbocycles. The van der Waals surface area contributed by atoms with Gasteiger partial charge in [0.25, 0.3) is 0 Å². The second kappa shape index (κ2) is 7.66. The predicted octanol–water partition coefficient (Wildman–Crippen LogP) is 1.52. The van der Waals surface area contributed by atoms with E-state index in [0.29, 0.717) is 6.42 Å². The van der Waals surface area contributed by atoms with Crippen molar-refractivity contribution >= 4 is 17.7 Å². The minimum Gasteiger partial charge on any atom is -0.453 e. The van der Waals surface area contributed by atoms with Crippen LogP contribution < -0.4 is 0 Å². The van der Waals surface area contributed by atoms with E-state index in [1.54, 1.807) is 14.1 Å². The van der Waals surface area contributed by atoms with Gasteiger partial charge in [0.15, 0.2) is 11.8 Å². The molecular weight excluding hydrogens is 282 g/mol. The van der Waals surface area contributed by atoms with Gasteiger partial charge >= 0.3 is 11.9 Å². The van der Waals surface area contributed by atoms with Crippen molar-refractivity contribution in [3.63, 3.8) is 0 Å². The largest absolute Gasteiger partial charge is 0.453 e. The van der Waals surface area contributed by atoms with Crippen LogP contribution in [0.15, 0.2) is 43.0 Å². The molecule has 1 aromatic carbocycles. The summed E-state index contributed by atoms with van der Waals surface area (Å²) < 4.78 is 4.82. The molecule has 1 amide bonds. The van der Waals surface area contributed by atoms with Gasteiger partial charge in [-0.1, -0.05) is 36.9 Å². The van der Waals surface area contributed by atoms with Crippen LogP contribution in [0.1, 0.15) is 12.5 Å². The van der Waals surface area contributed by atoms with E-state index in [2.05, 4.69) is 6.58 Å². The number of carbonyl (C=O) groups excluding carboxylic acids is 3. The van der Waals surface area contributed by atoms with Crippen LogP contribution in [-0.4, -0.2) is 48.9 Å². The topological polar surface area (TPSA) is 60.4 Å². The van der Waals surface area contributed by atoms with E-state index in [1.165, 1.54) is 13.0 Å². The fraction of sp³-hybridized carbons (Fsp3) is 0.353. The molecule has 0 bridgehead atoms. The summed E-state index contributed by atoms with van der Waals surface area (Å²) in [6, 6.07) is 8.62. The number of esters is 1. The third-order valence-corrected chi connectivity index (χ3v) is 3.48. The molecule has 118 valence electrons. The van der Waals surface area contributed by atoms with Gasteiger partial charge < -0.3 is 4.74 Å². The summed E-state index contributed by atoms with van der Waals surface area (Å²) >= 11 is 0. The highest BCUT2D eigenvalue weighted by Gasteiger charge is 2.41. The molecular formula is C17H22NO4+. The molecule has 0 aliphatic rings. The number of Topliss-reactive ketones (excluding diaryl/α,β-unsaturated/α-hetero) is 1. The molecule has 0 saturated carbocycles. The number of carbonyl (C=O) groups is 3. The fourth-order valence-corrected chi connectivity index (χ4v) is 2.07. The number of nitrogens with zero attached hydrogens (tertiary/aromatic N) is 1. The highest BCUT2D eigenvalue weighted by atomic mass is 16.5. The summed E-state index contributed by atoms with van der Waals surface area (Å²) in [5, 5.41) is 0. The van der Waals surface area contributed by atoms with Crippen LogP contribution in [-0.2, 0) is 25.5 Å². The van der Waals surface area contributed by atoms with Crippen molar-refractivity contribution in [3.05, 3.63) is 48.6 Å². The molecule has 1 aromatic rings. The van der Waals surface area contributed by atoms with Gasteiger partial charge in [0.05, 0.1) is 14.1 Å². The van der Waals surface area contributed by atoms with Gasteiger partial charge in [0, 0.05) is 12.5 Å². The van der Waals surface area contributed by atoms with Crippen molar-refractivity contribution < 1.29 is 23.6 Å². The lowest BCUT2D eigenvalue weighted by Gasteiger charge is -2.33. The Morgan fingerprint density at radius 2 is 1.82 bits per heavy atom. The first-order chi connectivity index (χ1) is 10.3. The molecule has 0 fully saturated rings. The molecule has 0 radical (unpaired) electrons. The van der Waals surface area contributed by atoms with Crippen molar-refractivity contribution in [2.45, 2.75) is 19.4 Å². The van der Waals surface area contributed by atoms with E-state index in [-0.39, 0.29) is 22.8 Å². The average molecular weight is 304 g/mol. The highest BCUT2D eigenvalue weighted by molar-refractivity contribution is 5.86. The van der Waals surface area contributed by atoms with Gasteiger partial charge in [-0.15, -0.1) is 0 Å². The summed E-state index contributed by atoms with van der Waals surface area (Å²) in [4.78, 5) is 35.4. The van der Waals surface area contributed by atoms with E-state index >= 15 is 0 Å². The Morgan fingerprint density at radius 3 is 2.32 bits per heavy atom. The summed E-state index contributed by atoms with van der Waals surface area (Å²) in [5.74, 6) is -1.10. The third kappa shape index (κ3) is 4.63. The maximum Gasteiger partial charge on any atom is 0.366 e. The average Bonchev–Trinajstić information content (AvgIpc) is 2.50. The maximum absolute atomic E-state index is 12.3. The number of quaternary nitrogens is 1. The molecule has 5 nitrogen and oxygen atoms in total. The van der Waals surface area contributed by atoms with Gasteiger partial charge in [0.2, 0.25) is 0 Å². The molecule has 22 heavy (non-hydrogen) atoms. The van der Waals surface area contributed by atoms with Crippen LogP contribution >= 0.6 is 0 Å². The summed E-state index contributed by atoms with van der Waals surface area (Å²) in [5.41, 5.74) is 0.912. The molecule has 0 aromatic heterocycles. The van der Waals surface area contributed by atoms with Gasteiger partial charge in [-0.3, -0.25) is 4.79 Å². The Morgan fingerprint density at radius 1 is 1.23 bits per heavy atom. The van der Waals surface area contributed by atoms with Crippen LogP contribution in [0.4, 0.5) is 0 Å². The van der Waals surface area contributed by atoms with Crippen molar-refractivity contribution in [3.8, 4) is 0 Å². The second-order valence-corrected chi connectivity index (χ2v) is 5.60. The van der Waals surface area contributed by atoms with E-state index in [9.17, 15) is 14.4 Å². The Labute approximate surface area is 130 Å². The standard InChI is InChI=1S/C17H22NO4/c1-5-16(20)18(3,4)15(17(21)22-12-13(2)19)11-14-9-7-6-8-10-14/h5-10,15H,1,11-12H2,2-4H3/q+1.